The van der Waals surface area contributed by atoms with Gasteiger partial charge in [0.1, 0.15) is 5.75 Å². The Kier molecular flexibility index (Phi) is 3.25. The number of nitroso groups, excluding NO2 is 1. The second-order valence-corrected chi connectivity index (χ2v) is 2.75. The van der Waals surface area contributed by atoms with E-state index in [4.69, 9.17) is 4.74 Å². The molecule has 0 aromatic heterocycles. The summed E-state index contributed by atoms with van der Waals surface area (Å²) in [5.41, 5.74) is 1.03. The molecule has 0 radical (unpaired) electrons. The van der Waals surface area contributed by atoms with Gasteiger partial charge in [-0.15, -0.1) is 4.91 Å². The van der Waals surface area contributed by atoms with E-state index in [0.29, 0.717) is 6.54 Å². The minimum absolute atomic E-state index is 0.521. The Morgan fingerprint density at radius 2 is 2.00 bits per heavy atom. The van der Waals surface area contributed by atoms with E-state index in [0.717, 1.165) is 11.3 Å². The molecule has 0 spiro atoms. The van der Waals surface area contributed by atoms with Crippen molar-refractivity contribution in [2.45, 2.75) is 6.54 Å². The molecule has 0 unspecified atom stereocenters. The van der Waals surface area contributed by atoms with Crippen molar-refractivity contribution < 1.29 is 4.74 Å². The van der Waals surface area contributed by atoms with Crippen molar-refractivity contribution >= 4 is 0 Å². The zero-order chi connectivity index (χ0) is 9.68. The topological polar surface area (TPSA) is 41.9 Å². The van der Waals surface area contributed by atoms with Crippen molar-refractivity contribution in [1.29, 1.82) is 0 Å². The lowest BCUT2D eigenvalue weighted by molar-refractivity contribution is 0.341. The quantitative estimate of drug-likeness (QED) is 0.524. The fourth-order valence-electron chi connectivity index (χ4n) is 1.02. The van der Waals surface area contributed by atoms with Crippen LogP contribution >= 0.6 is 0 Å². The van der Waals surface area contributed by atoms with Gasteiger partial charge in [-0.05, 0) is 17.7 Å². The van der Waals surface area contributed by atoms with Gasteiger partial charge in [-0.25, -0.2) is 0 Å². The standard InChI is InChI=1S/C9H12N2O2/c1-11(10-12)7-8-3-5-9(13-2)6-4-8/h3-6H,7H2,1-2H3. The highest BCUT2D eigenvalue weighted by molar-refractivity contribution is 5.26. The predicted octanol–water partition coefficient (Wildman–Crippen LogP) is 1.81. The zero-order valence-corrected chi connectivity index (χ0v) is 7.73. The number of ether oxygens (including phenoxy) is 1. The molecule has 0 saturated heterocycles. The highest BCUT2D eigenvalue weighted by atomic mass is 16.5. The molecule has 0 aliphatic rings. The summed E-state index contributed by atoms with van der Waals surface area (Å²) >= 11 is 0. The zero-order valence-electron chi connectivity index (χ0n) is 7.73. The Labute approximate surface area is 77.1 Å². The lowest BCUT2D eigenvalue weighted by Gasteiger charge is -2.08. The summed E-state index contributed by atoms with van der Waals surface area (Å²) in [4.78, 5) is 10.1. The van der Waals surface area contributed by atoms with E-state index in [2.05, 4.69) is 5.29 Å². The number of hydrogen-bond acceptors (Lipinski definition) is 3. The number of rotatable bonds is 4. The molecule has 0 N–H and O–H groups in total. The van der Waals surface area contributed by atoms with E-state index >= 15 is 0 Å². The minimum atomic E-state index is 0.521. The first-order chi connectivity index (χ1) is 6.26. The van der Waals surface area contributed by atoms with Gasteiger partial charge in [0, 0.05) is 7.05 Å². The van der Waals surface area contributed by atoms with Gasteiger partial charge in [-0.2, -0.15) is 0 Å². The molecule has 0 saturated carbocycles. The Hall–Kier alpha value is -1.58. The molecule has 0 aliphatic heterocycles. The molecule has 1 rings (SSSR count). The summed E-state index contributed by atoms with van der Waals surface area (Å²) in [5.74, 6) is 0.811. The largest absolute Gasteiger partial charge is 0.497 e. The Morgan fingerprint density at radius 3 is 2.46 bits per heavy atom. The van der Waals surface area contributed by atoms with E-state index in [-0.39, 0.29) is 0 Å². The first kappa shape index (κ1) is 9.51. The minimum Gasteiger partial charge on any atom is -0.497 e. The summed E-state index contributed by atoms with van der Waals surface area (Å²) < 4.78 is 5.00. The average molecular weight is 180 g/mol. The first-order valence-corrected chi connectivity index (χ1v) is 3.93. The molecule has 0 heterocycles. The molecule has 0 amide bonds. The summed E-state index contributed by atoms with van der Waals surface area (Å²) in [7, 11) is 3.26. The number of benzene rings is 1. The smallest absolute Gasteiger partial charge is 0.118 e. The second-order valence-electron chi connectivity index (χ2n) is 2.75. The van der Waals surface area contributed by atoms with E-state index in [1.807, 2.05) is 24.3 Å². The SMILES string of the molecule is COc1ccc(CN(C)N=O)cc1. The maximum atomic E-state index is 10.1. The van der Waals surface area contributed by atoms with Crippen molar-refractivity contribution in [2.75, 3.05) is 14.2 Å². The number of hydrogen-bond donors (Lipinski definition) is 0. The van der Waals surface area contributed by atoms with Crippen molar-refractivity contribution in [1.82, 2.24) is 5.01 Å². The fourth-order valence-corrected chi connectivity index (χ4v) is 1.02. The van der Waals surface area contributed by atoms with Gasteiger partial charge in [-0.3, -0.25) is 5.01 Å². The maximum absolute atomic E-state index is 10.1. The molecule has 13 heavy (non-hydrogen) atoms. The molecule has 0 aliphatic carbocycles. The molecule has 4 nitrogen and oxygen atoms in total. The molecular formula is C9H12N2O2. The molecule has 0 fully saturated rings. The van der Waals surface area contributed by atoms with Crippen LogP contribution in [0.15, 0.2) is 29.6 Å². The second kappa shape index (κ2) is 4.45. The third kappa shape index (κ3) is 2.74. The summed E-state index contributed by atoms with van der Waals surface area (Å²) in [6, 6.07) is 7.52. The Balaban J connectivity index is 2.63. The van der Waals surface area contributed by atoms with Crippen molar-refractivity contribution in [3.05, 3.63) is 34.7 Å². The van der Waals surface area contributed by atoms with Crippen LogP contribution in [-0.4, -0.2) is 19.2 Å². The van der Waals surface area contributed by atoms with Gasteiger partial charge in [-0.1, -0.05) is 12.1 Å². The monoisotopic (exact) mass is 180 g/mol. The third-order valence-electron chi connectivity index (χ3n) is 1.71. The third-order valence-corrected chi connectivity index (χ3v) is 1.71. The molecular weight excluding hydrogens is 168 g/mol. The predicted molar refractivity (Wildman–Crippen MR) is 50.3 cm³/mol. The summed E-state index contributed by atoms with van der Waals surface area (Å²) in [6.45, 7) is 0.521. The first-order valence-electron chi connectivity index (χ1n) is 3.93. The maximum Gasteiger partial charge on any atom is 0.118 e. The van der Waals surface area contributed by atoms with Gasteiger partial charge < -0.3 is 4.74 Å². The van der Waals surface area contributed by atoms with Crippen LogP contribution in [0, 0.1) is 4.91 Å². The molecule has 0 atom stereocenters. The van der Waals surface area contributed by atoms with Crippen molar-refractivity contribution in [3.63, 3.8) is 0 Å². The van der Waals surface area contributed by atoms with Crippen LogP contribution in [0.25, 0.3) is 0 Å². The van der Waals surface area contributed by atoms with E-state index in [1.165, 1.54) is 5.01 Å². The van der Waals surface area contributed by atoms with Crippen LogP contribution in [0.1, 0.15) is 5.56 Å². The molecule has 0 bridgehead atoms. The Bertz CT molecular complexity index is 271. The van der Waals surface area contributed by atoms with Crippen LogP contribution in [-0.2, 0) is 6.54 Å². The van der Waals surface area contributed by atoms with Gasteiger partial charge >= 0.3 is 0 Å². The van der Waals surface area contributed by atoms with Gasteiger partial charge in [0.25, 0.3) is 0 Å². The van der Waals surface area contributed by atoms with Crippen molar-refractivity contribution in [3.8, 4) is 5.75 Å². The molecule has 70 valence electrons. The highest BCUT2D eigenvalue weighted by Gasteiger charge is 1.97. The van der Waals surface area contributed by atoms with Gasteiger partial charge in [0.15, 0.2) is 0 Å². The average Bonchev–Trinajstić information content (AvgIpc) is 2.19. The summed E-state index contributed by atoms with van der Waals surface area (Å²) in [6.07, 6.45) is 0. The number of methoxy groups -OCH3 is 1. The van der Waals surface area contributed by atoms with Crippen LogP contribution in [0.2, 0.25) is 0 Å². The summed E-state index contributed by atoms with van der Waals surface area (Å²) in [5, 5.41) is 4.11. The lowest BCUT2D eigenvalue weighted by atomic mass is 10.2. The van der Waals surface area contributed by atoms with Crippen LogP contribution in [0.5, 0.6) is 5.75 Å². The fraction of sp³-hybridized carbons (Fsp3) is 0.333. The van der Waals surface area contributed by atoms with Gasteiger partial charge in [0.05, 0.1) is 18.9 Å². The van der Waals surface area contributed by atoms with E-state index in [1.54, 1.807) is 14.2 Å². The van der Waals surface area contributed by atoms with E-state index < -0.39 is 0 Å². The van der Waals surface area contributed by atoms with Gasteiger partial charge in [0.2, 0.25) is 0 Å². The van der Waals surface area contributed by atoms with E-state index in [9.17, 15) is 4.91 Å². The lowest BCUT2D eigenvalue weighted by Crippen LogP contribution is -2.08. The van der Waals surface area contributed by atoms with Crippen LogP contribution in [0.4, 0.5) is 0 Å². The highest BCUT2D eigenvalue weighted by Crippen LogP contribution is 2.12. The molecule has 1 aromatic rings. The normalized spacial score (nSPS) is 9.38. The van der Waals surface area contributed by atoms with Crippen LogP contribution in [0.3, 0.4) is 0 Å². The molecule has 1 aromatic carbocycles. The molecule has 4 heteroatoms. The van der Waals surface area contributed by atoms with Crippen LogP contribution < -0.4 is 4.74 Å². The number of nitrogens with zero attached hydrogens (tertiary/aromatic N) is 2. The van der Waals surface area contributed by atoms with Crippen molar-refractivity contribution in [2.24, 2.45) is 5.29 Å². The Morgan fingerprint density at radius 1 is 1.38 bits per heavy atom.